The second kappa shape index (κ2) is 4.91. The number of furan rings is 1. The van der Waals surface area contributed by atoms with Crippen LogP contribution in [0.2, 0.25) is 19.6 Å². The third-order valence-corrected chi connectivity index (χ3v) is 7.69. The van der Waals surface area contributed by atoms with Crippen molar-refractivity contribution in [2.45, 2.75) is 26.6 Å². The zero-order valence-electron chi connectivity index (χ0n) is 16.8. The minimum Gasteiger partial charge on any atom is -0.427 e. The number of aromatic nitrogens is 3. The van der Waals surface area contributed by atoms with E-state index in [0.29, 0.717) is 0 Å². The molecule has 0 radical (unpaired) electrons. The molecule has 0 spiro atoms. The lowest BCUT2D eigenvalue weighted by molar-refractivity contribution is -0.647. The van der Waals surface area contributed by atoms with E-state index in [4.69, 9.17) is 4.42 Å². The van der Waals surface area contributed by atoms with Crippen molar-refractivity contribution in [1.29, 1.82) is 0 Å². The number of hydrogen-bond donors (Lipinski definition) is 0. The SMILES string of the molecule is Cc1ccc2c3ccccc3n3c4c([Si](C)(C)C)oc5nc[n+](C)c(c1c23)c54. The molecule has 0 saturated carbocycles. The van der Waals surface area contributed by atoms with Gasteiger partial charge in [-0.2, -0.15) is 0 Å². The molecule has 28 heavy (non-hydrogen) atoms. The molecule has 6 aromatic rings. The lowest BCUT2D eigenvalue weighted by Crippen LogP contribution is -2.37. The Kier molecular flexibility index (Phi) is 2.82. The molecule has 4 heterocycles. The first-order chi connectivity index (χ1) is 13.4. The molecule has 6 rings (SSSR count). The summed E-state index contributed by atoms with van der Waals surface area (Å²) >= 11 is 0. The van der Waals surface area contributed by atoms with E-state index in [1.807, 2.05) is 6.33 Å². The predicted molar refractivity (Wildman–Crippen MR) is 118 cm³/mol. The van der Waals surface area contributed by atoms with E-state index < -0.39 is 8.07 Å². The Hall–Kier alpha value is -2.92. The molecule has 4 aromatic heterocycles. The van der Waals surface area contributed by atoms with Gasteiger partial charge in [0.15, 0.2) is 5.52 Å². The lowest BCUT2D eigenvalue weighted by atomic mass is 10.0. The quantitative estimate of drug-likeness (QED) is 0.235. The first-order valence-electron chi connectivity index (χ1n) is 9.73. The third-order valence-electron chi connectivity index (χ3n) is 5.99. The van der Waals surface area contributed by atoms with Gasteiger partial charge in [0.25, 0.3) is 6.33 Å². The Bertz CT molecular complexity index is 1570. The molecule has 0 aliphatic heterocycles. The van der Waals surface area contributed by atoms with Crippen LogP contribution in [0.3, 0.4) is 0 Å². The van der Waals surface area contributed by atoms with Crippen molar-refractivity contribution in [2.75, 3.05) is 0 Å². The summed E-state index contributed by atoms with van der Waals surface area (Å²) in [7, 11) is 0.350. The van der Waals surface area contributed by atoms with Crippen molar-refractivity contribution in [2.24, 2.45) is 7.05 Å². The molecule has 0 saturated heterocycles. The van der Waals surface area contributed by atoms with Crippen LogP contribution < -0.4 is 9.95 Å². The van der Waals surface area contributed by atoms with Crippen LogP contribution in [0.25, 0.3) is 49.3 Å². The first-order valence-corrected chi connectivity index (χ1v) is 13.2. The molecule has 4 nitrogen and oxygen atoms in total. The molecule has 0 fully saturated rings. The summed E-state index contributed by atoms with van der Waals surface area (Å²) in [6, 6.07) is 13.2. The highest BCUT2D eigenvalue weighted by Crippen LogP contribution is 2.40. The van der Waals surface area contributed by atoms with Crippen molar-refractivity contribution in [1.82, 2.24) is 9.38 Å². The Morgan fingerprint density at radius 3 is 2.54 bits per heavy atom. The highest BCUT2D eigenvalue weighted by molar-refractivity contribution is 6.89. The third kappa shape index (κ3) is 1.75. The molecule has 0 atom stereocenters. The average molecular weight is 385 g/mol. The summed E-state index contributed by atoms with van der Waals surface area (Å²) in [5, 5.41) is 6.15. The summed E-state index contributed by atoms with van der Waals surface area (Å²) in [4.78, 5) is 4.65. The molecule has 0 aliphatic rings. The van der Waals surface area contributed by atoms with Gasteiger partial charge >= 0.3 is 5.71 Å². The maximum absolute atomic E-state index is 6.47. The molecule has 2 aromatic carbocycles. The zero-order valence-corrected chi connectivity index (χ0v) is 17.8. The number of nitrogens with zero attached hydrogens (tertiary/aromatic N) is 3. The Balaban J connectivity index is 2.13. The highest BCUT2D eigenvalue weighted by Gasteiger charge is 2.33. The van der Waals surface area contributed by atoms with Gasteiger partial charge in [0.2, 0.25) is 0 Å². The van der Waals surface area contributed by atoms with Gasteiger partial charge in [0.1, 0.15) is 18.8 Å². The fourth-order valence-electron chi connectivity index (χ4n) is 4.80. The Morgan fingerprint density at radius 1 is 0.964 bits per heavy atom. The van der Waals surface area contributed by atoms with E-state index in [1.165, 1.54) is 43.8 Å². The standard InChI is InChI=1S/C23H22N3OSi/c1-13-10-11-15-14-8-6-7-9-16(14)26-19(15)17(13)20-18-21(26)23(28(3,4)5)27-22(18)24-12-25(20)2/h6-12H,1-5H3/q+1. The van der Waals surface area contributed by atoms with Crippen LogP contribution in [-0.2, 0) is 7.05 Å². The minimum absolute atomic E-state index is 0.750. The number of para-hydroxylation sites is 1. The zero-order chi connectivity index (χ0) is 19.4. The topological polar surface area (TPSA) is 34.3 Å². The van der Waals surface area contributed by atoms with Gasteiger partial charge in [-0.3, -0.25) is 0 Å². The van der Waals surface area contributed by atoms with Crippen LogP contribution in [0.5, 0.6) is 0 Å². The number of aryl methyl sites for hydroxylation is 2. The molecule has 0 N–H and O–H groups in total. The first kappa shape index (κ1) is 16.1. The Morgan fingerprint density at radius 2 is 1.75 bits per heavy atom. The molecule has 0 aliphatic carbocycles. The van der Waals surface area contributed by atoms with Gasteiger partial charge in [-0.15, -0.1) is 0 Å². The molecule has 0 unspecified atom stereocenters. The maximum atomic E-state index is 6.47. The van der Waals surface area contributed by atoms with E-state index >= 15 is 0 Å². The van der Waals surface area contributed by atoms with Crippen molar-refractivity contribution < 1.29 is 8.98 Å². The summed E-state index contributed by atoms with van der Waals surface area (Å²) < 4.78 is 11.1. The summed E-state index contributed by atoms with van der Waals surface area (Å²) in [5.41, 5.74) is 6.98. The van der Waals surface area contributed by atoms with Crippen LogP contribution in [-0.4, -0.2) is 17.5 Å². The molecular formula is C23H22N3OSi+. The highest BCUT2D eigenvalue weighted by atomic mass is 28.3. The smallest absolute Gasteiger partial charge is 0.346 e. The van der Waals surface area contributed by atoms with Crippen LogP contribution in [0.15, 0.2) is 47.1 Å². The number of rotatable bonds is 1. The number of benzene rings is 2. The second-order valence-corrected chi connectivity index (χ2v) is 13.9. The number of fused-ring (bicyclic) bond motifs is 5. The summed E-state index contributed by atoms with van der Waals surface area (Å²) in [6.45, 7) is 9.23. The van der Waals surface area contributed by atoms with E-state index in [0.717, 1.165) is 16.5 Å². The molecule has 0 amide bonds. The summed E-state index contributed by atoms with van der Waals surface area (Å²) in [6.07, 6.45) is 1.88. The molecule has 5 heteroatoms. The molecular weight excluding hydrogens is 362 g/mol. The van der Waals surface area contributed by atoms with Gasteiger partial charge in [-0.1, -0.05) is 50.0 Å². The maximum Gasteiger partial charge on any atom is 0.346 e. The van der Waals surface area contributed by atoms with Crippen LogP contribution in [0.4, 0.5) is 0 Å². The van der Waals surface area contributed by atoms with Crippen molar-refractivity contribution in [3.05, 3.63) is 48.3 Å². The van der Waals surface area contributed by atoms with Gasteiger partial charge in [-0.05, 0) is 23.5 Å². The number of hydrogen-bond acceptors (Lipinski definition) is 2. The lowest BCUT2D eigenvalue weighted by Gasteiger charge is -2.15. The predicted octanol–water partition coefficient (Wildman–Crippen LogP) is 4.66. The van der Waals surface area contributed by atoms with Crippen molar-refractivity contribution in [3.63, 3.8) is 0 Å². The monoisotopic (exact) mass is 384 g/mol. The van der Waals surface area contributed by atoms with Gasteiger partial charge in [0, 0.05) is 16.2 Å². The number of pyridine rings is 1. The largest absolute Gasteiger partial charge is 0.427 e. The summed E-state index contributed by atoms with van der Waals surface area (Å²) in [5.74, 6) is 0. The van der Waals surface area contributed by atoms with Crippen molar-refractivity contribution >= 4 is 62.8 Å². The van der Waals surface area contributed by atoms with Crippen molar-refractivity contribution in [3.8, 4) is 0 Å². The van der Waals surface area contributed by atoms with E-state index in [1.54, 1.807) is 0 Å². The Labute approximate surface area is 163 Å². The second-order valence-electron chi connectivity index (χ2n) is 8.92. The van der Waals surface area contributed by atoms with Gasteiger partial charge in [-0.25, -0.2) is 4.57 Å². The molecule has 138 valence electrons. The van der Waals surface area contributed by atoms with Crippen LogP contribution >= 0.6 is 0 Å². The van der Waals surface area contributed by atoms with Gasteiger partial charge in [0.05, 0.1) is 23.6 Å². The van der Waals surface area contributed by atoms with Crippen LogP contribution in [0.1, 0.15) is 5.56 Å². The minimum atomic E-state index is -1.74. The van der Waals surface area contributed by atoms with E-state index in [2.05, 4.69) is 84.0 Å². The normalized spacial score (nSPS) is 13.2. The molecule has 0 bridgehead atoms. The fraction of sp³-hybridized carbons (Fsp3) is 0.217. The van der Waals surface area contributed by atoms with Crippen LogP contribution in [0, 0.1) is 6.92 Å². The fourth-order valence-corrected chi connectivity index (χ4v) is 6.15. The van der Waals surface area contributed by atoms with E-state index in [9.17, 15) is 0 Å². The van der Waals surface area contributed by atoms with E-state index in [-0.39, 0.29) is 0 Å². The average Bonchev–Trinajstić information content (AvgIpc) is 3.19. The van der Waals surface area contributed by atoms with Gasteiger partial charge < -0.3 is 8.82 Å².